The minimum atomic E-state index is -1.64. The molecule has 0 aliphatic rings. The first-order valence-corrected chi connectivity index (χ1v) is 5.26. The zero-order valence-corrected chi connectivity index (χ0v) is 8.91. The topological polar surface area (TPSA) is 66.2 Å². The van der Waals surface area contributed by atoms with Crippen molar-refractivity contribution in [2.75, 3.05) is 0 Å². The Bertz CT molecular complexity index is 700. The summed E-state index contributed by atoms with van der Waals surface area (Å²) < 4.78 is 0. The van der Waals surface area contributed by atoms with Gasteiger partial charge in [-0.3, -0.25) is 0 Å². The highest BCUT2D eigenvalue weighted by Crippen LogP contribution is 2.21. The Kier molecular flexibility index (Phi) is 2.28. The summed E-state index contributed by atoms with van der Waals surface area (Å²) in [4.78, 5) is 8.09. The molecule has 82 valence electrons. The molecule has 4 nitrogen and oxygen atoms in total. The second kappa shape index (κ2) is 3.80. The Hall–Kier alpha value is -1.98. The van der Waals surface area contributed by atoms with Gasteiger partial charge in [0.25, 0.3) is 0 Å². The van der Waals surface area contributed by atoms with E-state index in [1.807, 2.05) is 36.4 Å². The molecule has 0 radical (unpaired) electrons. The molecule has 0 amide bonds. The van der Waals surface area contributed by atoms with E-state index in [9.17, 15) is 0 Å². The molecule has 3 rings (SSSR count). The van der Waals surface area contributed by atoms with E-state index < -0.39 is 7.12 Å². The number of aromatic nitrogens is 2. The summed E-state index contributed by atoms with van der Waals surface area (Å²) in [7, 11) is -1.64. The average Bonchev–Trinajstić information content (AvgIpc) is 2.38. The molecule has 2 aromatic carbocycles. The van der Waals surface area contributed by atoms with Crippen LogP contribution in [0.4, 0.5) is 0 Å². The van der Waals surface area contributed by atoms with Gasteiger partial charge in [-0.1, -0.05) is 36.4 Å². The SMILES string of the molecule is OB(O)c1ncc2ccc3ccccc3c2n1. The van der Waals surface area contributed by atoms with E-state index in [1.54, 1.807) is 6.20 Å². The third-order valence-electron chi connectivity index (χ3n) is 2.72. The minimum absolute atomic E-state index is 0.0221. The highest BCUT2D eigenvalue weighted by molar-refractivity contribution is 6.56. The van der Waals surface area contributed by atoms with Gasteiger partial charge < -0.3 is 10.0 Å². The number of fused-ring (bicyclic) bond motifs is 3. The fraction of sp³-hybridized carbons (Fsp3) is 0. The Labute approximate surface area is 97.7 Å². The molecule has 0 spiro atoms. The third kappa shape index (κ3) is 1.65. The van der Waals surface area contributed by atoms with E-state index in [0.717, 1.165) is 21.7 Å². The zero-order valence-electron chi connectivity index (χ0n) is 8.91. The maximum Gasteiger partial charge on any atom is 0.528 e. The summed E-state index contributed by atoms with van der Waals surface area (Å²) in [5.41, 5.74) is 0.759. The number of rotatable bonds is 1. The molecule has 2 N–H and O–H groups in total. The van der Waals surface area contributed by atoms with Crippen LogP contribution >= 0.6 is 0 Å². The highest BCUT2D eigenvalue weighted by atomic mass is 16.4. The Morgan fingerprint density at radius 1 is 0.941 bits per heavy atom. The molecule has 1 aromatic heterocycles. The molecule has 0 atom stereocenters. The minimum Gasteiger partial charge on any atom is -0.421 e. The van der Waals surface area contributed by atoms with Gasteiger partial charge in [-0.25, -0.2) is 9.97 Å². The van der Waals surface area contributed by atoms with Crippen molar-refractivity contribution in [3.05, 3.63) is 42.6 Å². The van der Waals surface area contributed by atoms with Crippen LogP contribution < -0.4 is 5.72 Å². The van der Waals surface area contributed by atoms with Gasteiger partial charge in [0.15, 0.2) is 5.72 Å². The van der Waals surface area contributed by atoms with Gasteiger partial charge in [0, 0.05) is 17.0 Å². The van der Waals surface area contributed by atoms with E-state index in [4.69, 9.17) is 10.0 Å². The molecule has 0 saturated heterocycles. The Morgan fingerprint density at radius 2 is 1.71 bits per heavy atom. The maximum absolute atomic E-state index is 9.09. The summed E-state index contributed by atoms with van der Waals surface area (Å²) >= 11 is 0. The van der Waals surface area contributed by atoms with E-state index in [-0.39, 0.29) is 5.72 Å². The molecule has 1 heterocycles. The number of hydrogen-bond donors (Lipinski definition) is 2. The van der Waals surface area contributed by atoms with Gasteiger partial charge in [-0.15, -0.1) is 0 Å². The number of hydrogen-bond acceptors (Lipinski definition) is 4. The first-order chi connectivity index (χ1) is 8.25. The molecular weight excluding hydrogens is 215 g/mol. The van der Waals surface area contributed by atoms with Crippen molar-refractivity contribution in [1.82, 2.24) is 9.97 Å². The Morgan fingerprint density at radius 3 is 2.53 bits per heavy atom. The van der Waals surface area contributed by atoms with Crippen LogP contribution in [-0.2, 0) is 0 Å². The lowest BCUT2D eigenvalue weighted by molar-refractivity contribution is 0.422. The maximum atomic E-state index is 9.09. The molecule has 0 fully saturated rings. The van der Waals surface area contributed by atoms with Crippen LogP contribution in [0.15, 0.2) is 42.6 Å². The summed E-state index contributed by atoms with van der Waals surface area (Å²) in [5, 5.41) is 21.1. The van der Waals surface area contributed by atoms with Gasteiger partial charge in [-0.05, 0) is 5.39 Å². The molecule has 0 unspecified atom stereocenters. The molecule has 0 aliphatic carbocycles. The highest BCUT2D eigenvalue weighted by Gasteiger charge is 2.15. The van der Waals surface area contributed by atoms with Crippen molar-refractivity contribution in [2.45, 2.75) is 0 Å². The van der Waals surface area contributed by atoms with Gasteiger partial charge in [0.2, 0.25) is 0 Å². The summed E-state index contributed by atoms with van der Waals surface area (Å²) in [5.74, 6) is 0. The normalized spacial score (nSPS) is 10.9. The lowest BCUT2D eigenvalue weighted by Gasteiger charge is -2.04. The van der Waals surface area contributed by atoms with Crippen LogP contribution in [0.25, 0.3) is 21.7 Å². The number of benzene rings is 2. The Balaban J connectivity index is 2.42. The van der Waals surface area contributed by atoms with Crippen LogP contribution in [0.1, 0.15) is 0 Å². The van der Waals surface area contributed by atoms with Gasteiger partial charge in [0.1, 0.15) is 0 Å². The van der Waals surface area contributed by atoms with E-state index >= 15 is 0 Å². The first-order valence-electron chi connectivity index (χ1n) is 5.26. The van der Waals surface area contributed by atoms with Gasteiger partial charge >= 0.3 is 7.12 Å². The average molecular weight is 224 g/mol. The first kappa shape index (κ1) is 10.2. The van der Waals surface area contributed by atoms with Gasteiger partial charge in [0.05, 0.1) is 5.52 Å². The fourth-order valence-corrected chi connectivity index (χ4v) is 1.90. The van der Waals surface area contributed by atoms with Crippen molar-refractivity contribution in [2.24, 2.45) is 0 Å². The monoisotopic (exact) mass is 224 g/mol. The molecule has 5 heteroatoms. The van der Waals surface area contributed by atoms with E-state index in [1.165, 1.54) is 0 Å². The summed E-state index contributed by atoms with van der Waals surface area (Å²) in [6.45, 7) is 0. The van der Waals surface area contributed by atoms with Crippen molar-refractivity contribution in [3.8, 4) is 0 Å². The van der Waals surface area contributed by atoms with Crippen molar-refractivity contribution < 1.29 is 10.0 Å². The smallest absolute Gasteiger partial charge is 0.421 e. The molecule has 0 aliphatic heterocycles. The summed E-state index contributed by atoms with van der Waals surface area (Å²) in [6.07, 6.45) is 1.60. The van der Waals surface area contributed by atoms with Crippen LogP contribution in [0.5, 0.6) is 0 Å². The van der Waals surface area contributed by atoms with Crippen LogP contribution in [0.2, 0.25) is 0 Å². The van der Waals surface area contributed by atoms with Crippen molar-refractivity contribution in [1.29, 1.82) is 0 Å². The largest absolute Gasteiger partial charge is 0.528 e. The zero-order chi connectivity index (χ0) is 11.8. The number of nitrogens with zero attached hydrogens (tertiary/aromatic N) is 2. The predicted octanol–water partition coefficient (Wildman–Crippen LogP) is 0.463. The van der Waals surface area contributed by atoms with E-state index in [0.29, 0.717) is 0 Å². The standard InChI is InChI=1S/C12H9BN2O2/c16-13(17)12-14-7-9-6-5-8-3-1-2-4-10(8)11(9)15-12/h1-7,16-17H. The van der Waals surface area contributed by atoms with Crippen LogP contribution in [-0.4, -0.2) is 27.1 Å². The molecule has 0 bridgehead atoms. The second-order valence-corrected chi connectivity index (χ2v) is 3.83. The lowest BCUT2D eigenvalue weighted by Crippen LogP contribution is -2.35. The van der Waals surface area contributed by atoms with Crippen molar-refractivity contribution in [3.63, 3.8) is 0 Å². The van der Waals surface area contributed by atoms with E-state index in [2.05, 4.69) is 9.97 Å². The quantitative estimate of drug-likeness (QED) is 0.465. The molecule has 0 saturated carbocycles. The molecule has 17 heavy (non-hydrogen) atoms. The third-order valence-corrected chi connectivity index (χ3v) is 2.72. The van der Waals surface area contributed by atoms with Gasteiger partial charge in [-0.2, -0.15) is 0 Å². The fourth-order valence-electron chi connectivity index (χ4n) is 1.90. The summed E-state index contributed by atoms with van der Waals surface area (Å²) in [6, 6.07) is 11.8. The molecule has 3 aromatic rings. The predicted molar refractivity (Wildman–Crippen MR) is 66.9 cm³/mol. The van der Waals surface area contributed by atoms with Crippen LogP contribution in [0.3, 0.4) is 0 Å². The van der Waals surface area contributed by atoms with Crippen molar-refractivity contribution >= 4 is 34.5 Å². The second-order valence-electron chi connectivity index (χ2n) is 3.83. The van der Waals surface area contributed by atoms with Crippen LogP contribution in [0, 0.1) is 0 Å². The lowest BCUT2D eigenvalue weighted by atomic mass is 9.90. The molecular formula is C12H9BN2O2.